The third kappa shape index (κ3) is 5.12. The van der Waals surface area contributed by atoms with Gasteiger partial charge in [-0.15, -0.1) is 11.3 Å². The second kappa shape index (κ2) is 9.54. The van der Waals surface area contributed by atoms with E-state index >= 15 is 0 Å². The number of thiophene rings is 1. The first-order chi connectivity index (χ1) is 13.5. The Labute approximate surface area is 170 Å². The number of hydrogen-bond donors (Lipinski definition) is 2. The van der Waals surface area contributed by atoms with Crippen molar-refractivity contribution in [1.82, 2.24) is 9.88 Å². The van der Waals surface area contributed by atoms with Crippen LogP contribution in [-0.2, 0) is 16.0 Å². The average Bonchev–Trinajstić information content (AvgIpc) is 2.96. The van der Waals surface area contributed by atoms with Crippen LogP contribution in [0.25, 0.3) is 10.2 Å². The Morgan fingerprint density at radius 3 is 3.04 bits per heavy atom. The largest absolute Gasteiger partial charge is 0.397 e. The first-order valence-corrected chi connectivity index (χ1v) is 10.7. The summed E-state index contributed by atoms with van der Waals surface area (Å²) in [5, 5.41) is 0.955. The molecule has 154 valence electrons. The van der Waals surface area contributed by atoms with Gasteiger partial charge in [-0.05, 0) is 51.9 Å². The van der Waals surface area contributed by atoms with Gasteiger partial charge in [-0.3, -0.25) is 4.79 Å². The standard InChI is InChI=1S/C20H31N5O2S/c1-24(2)8-4-10-27-13-14-5-3-9-25(12-14)15-6-7-23-20-18(15)19(22)16(28-20)11-17(21)26/h6-7,14H,3-5,8-13,22H2,1-2H3,(H2,21,26). The van der Waals surface area contributed by atoms with Gasteiger partial charge in [-0.1, -0.05) is 0 Å². The monoisotopic (exact) mass is 405 g/mol. The SMILES string of the molecule is CN(C)CCCOCC1CCCN(c2ccnc3sc(CC(N)=O)c(N)c23)C1. The van der Waals surface area contributed by atoms with Gasteiger partial charge in [-0.2, -0.15) is 0 Å². The summed E-state index contributed by atoms with van der Waals surface area (Å²) in [5.41, 5.74) is 13.5. The summed E-state index contributed by atoms with van der Waals surface area (Å²) in [7, 11) is 4.17. The number of carbonyl (C=O) groups excluding carboxylic acids is 1. The Hall–Kier alpha value is -1.90. The van der Waals surface area contributed by atoms with Crippen LogP contribution in [0.4, 0.5) is 11.4 Å². The van der Waals surface area contributed by atoms with Crippen LogP contribution in [0.1, 0.15) is 24.1 Å². The Balaban J connectivity index is 1.68. The van der Waals surface area contributed by atoms with Gasteiger partial charge in [-0.25, -0.2) is 4.98 Å². The summed E-state index contributed by atoms with van der Waals surface area (Å²) in [6.07, 6.45) is 5.36. The second-order valence-corrected chi connectivity index (χ2v) is 8.86. The summed E-state index contributed by atoms with van der Waals surface area (Å²) in [4.78, 5) is 22.0. The Kier molecular flexibility index (Phi) is 7.09. The highest BCUT2D eigenvalue weighted by Gasteiger charge is 2.24. The van der Waals surface area contributed by atoms with Gasteiger partial charge in [0.05, 0.1) is 29.8 Å². The maximum absolute atomic E-state index is 11.3. The summed E-state index contributed by atoms with van der Waals surface area (Å²) >= 11 is 1.46. The van der Waals surface area contributed by atoms with Gasteiger partial charge in [0.25, 0.3) is 0 Å². The van der Waals surface area contributed by atoms with Crippen LogP contribution in [0, 0.1) is 5.92 Å². The number of fused-ring (bicyclic) bond motifs is 1. The van der Waals surface area contributed by atoms with Crippen molar-refractivity contribution in [3.8, 4) is 0 Å². The van der Waals surface area contributed by atoms with E-state index in [9.17, 15) is 4.79 Å². The highest BCUT2D eigenvalue weighted by atomic mass is 32.1. The topological polar surface area (TPSA) is 97.7 Å². The van der Waals surface area contributed by atoms with Crippen molar-refractivity contribution in [2.75, 3.05) is 57.6 Å². The van der Waals surface area contributed by atoms with Gasteiger partial charge < -0.3 is 26.0 Å². The van der Waals surface area contributed by atoms with Crippen LogP contribution < -0.4 is 16.4 Å². The number of ether oxygens (including phenoxy) is 1. The number of aromatic nitrogens is 1. The molecule has 1 amide bonds. The zero-order valence-electron chi connectivity index (χ0n) is 16.8. The molecular formula is C20H31N5O2S. The molecule has 0 bridgehead atoms. The molecule has 1 aliphatic rings. The molecule has 1 unspecified atom stereocenters. The van der Waals surface area contributed by atoms with Crippen molar-refractivity contribution in [3.05, 3.63) is 17.1 Å². The lowest BCUT2D eigenvalue weighted by Crippen LogP contribution is -2.37. The van der Waals surface area contributed by atoms with Crippen molar-refractivity contribution in [2.45, 2.75) is 25.7 Å². The van der Waals surface area contributed by atoms with Crippen molar-refractivity contribution < 1.29 is 9.53 Å². The lowest BCUT2D eigenvalue weighted by molar-refractivity contribution is -0.117. The van der Waals surface area contributed by atoms with Crippen LogP contribution in [0.15, 0.2) is 12.3 Å². The molecule has 28 heavy (non-hydrogen) atoms. The third-order valence-corrected chi connectivity index (χ3v) is 6.24. The van der Waals surface area contributed by atoms with Crippen molar-refractivity contribution in [3.63, 3.8) is 0 Å². The molecule has 1 atom stereocenters. The summed E-state index contributed by atoms with van der Waals surface area (Å²) in [6.45, 7) is 4.60. The number of primary amides is 1. The number of nitrogens with zero attached hydrogens (tertiary/aromatic N) is 3. The van der Waals surface area contributed by atoms with Crippen LogP contribution >= 0.6 is 11.3 Å². The van der Waals surface area contributed by atoms with Crippen molar-refractivity contribution in [1.29, 1.82) is 0 Å². The second-order valence-electron chi connectivity index (χ2n) is 7.78. The van der Waals surface area contributed by atoms with E-state index in [4.69, 9.17) is 16.2 Å². The fourth-order valence-corrected chi connectivity index (χ4v) is 4.87. The van der Waals surface area contributed by atoms with Crippen molar-refractivity contribution in [2.24, 2.45) is 11.7 Å². The fourth-order valence-electron chi connectivity index (χ4n) is 3.78. The van der Waals surface area contributed by atoms with Gasteiger partial charge >= 0.3 is 0 Å². The van der Waals surface area contributed by atoms with Crippen LogP contribution in [0.5, 0.6) is 0 Å². The molecule has 8 heteroatoms. The number of pyridine rings is 1. The van der Waals surface area contributed by atoms with E-state index in [1.807, 2.05) is 12.3 Å². The summed E-state index contributed by atoms with van der Waals surface area (Å²) < 4.78 is 5.93. The van der Waals surface area contributed by atoms with E-state index in [1.54, 1.807) is 0 Å². The van der Waals surface area contributed by atoms with E-state index in [2.05, 4.69) is 28.9 Å². The number of carbonyl (C=O) groups is 1. The fraction of sp³-hybridized carbons (Fsp3) is 0.600. The zero-order chi connectivity index (χ0) is 20.1. The normalized spacial score (nSPS) is 17.5. The number of nitrogen functional groups attached to an aromatic ring is 1. The predicted molar refractivity (Wildman–Crippen MR) is 116 cm³/mol. The molecule has 3 rings (SSSR count). The smallest absolute Gasteiger partial charge is 0.222 e. The van der Waals surface area contributed by atoms with Gasteiger partial charge in [0.2, 0.25) is 5.91 Å². The Morgan fingerprint density at radius 2 is 2.29 bits per heavy atom. The molecule has 0 aromatic carbocycles. The predicted octanol–water partition coefficient (Wildman–Crippen LogP) is 2.09. The van der Waals surface area contributed by atoms with Crippen LogP contribution in [0.2, 0.25) is 0 Å². The molecule has 4 N–H and O–H groups in total. The maximum Gasteiger partial charge on any atom is 0.222 e. The Morgan fingerprint density at radius 1 is 1.46 bits per heavy atom. The molecule has 1 saturated heterocycles. The molecule has 3 heterocycles. The first-order valence-electron chi connectivity index (χ1n) is 9.87. The summed E-state index contributed by atoms with van der Waals surface area (Å²) in [6, 6.07) is 2.03. The number of rotatable bonds is 9. The minimum Gasteiger partial charge on any atom is -0.397 e. The molecule has 0 radical (unpaired) electrons. The molecule has 0 spiro atoms. The van der Waals surface area contributed by atoms with E-state index in [1.165, 1.54) is 17.8 Å². The molecule has 1 fully saturated rings. The molecule has 2 aromatic heterocycles. The number of anilines is 2. The van der Waals surface area contributed by atoms with Crippen LogP contribution in [-0.4, -0.2) is 62.7 Å². The molecule has 0 aliphatic carbocycles. The van der Waals surface area contributed by atoms with Crippen molar-refractivity contribution >= 4 is 38.8 Å². The first kappa shape index (κ1) is 20.8. The Bertz CT molecular complexity index is 807. The quantitative estimate of drug-likeness (QED) is 0.620. The van der Waals surface area contributed by atoms with E-state index in [-0.39, 0.29) is 12.3 Å². The van der Waals surface area contributed by atoms with Crippen LogP contribution in [0.3, 0.4) is 0 Å². The number of amides is 1. The average molecular weight is 406 g/mol. The minimum absolute atomic E-state index is 0.162. The molecule has 2 aromatic rings. The molecular weight excluding hydrogens is 374 g/mol. The number of nitrogens with two attached hydrogens (primary N) is 2. The van der Waals surface area contributed by atoms with E-state index < -0.39 is 0 Å². The summed E-state index contributed by atoms with van der Waals surface area (Å²) in [5.74, 6) is 0.144. The molecule has 1 aliphatic heterocycles. The van der Waals surface area contributed by atoms with Gasteiger partial charge in [0.15, 0.2) is 0 Å². The lowest BCUT2D eigenvalue weighted by Gasteiger charge is -2.34. The lowest BCUT2D eigenvalue weighted by atomic mass is 9.98. The molecule has 0 saturated carbocycles. The number of hydrogen-bond acceptors (Lipinski definition) is 7. The van der Waals surface area contributed by atoms with E-state index in [0.29, 0.717) is 11.6 Å². The maximum atomic E-state index is 11.3. The minimum atomic E-state index is -0.371. The molecule has 7 nitrogen and oxygen atoms in total. The third-order valence-electron chi connectivity index (χ3n) is 5.13. The number of piperidine rings is 1. The highest BCUT2D eigenvalue weighted by Crippen LogP contribution is 2.39. The van der Waals surface area contributed by atoms with Gasteiger partial charge in [0, 0.05) is 30.8 Å². The van der Waals surface area contributed by atoms with E-state index in [0.717, 1.165) is 66.5 Å². The highest BCUT2D eigenvalue weighted by molar-refractivity contribution is 7.19. The zero-order valence-corrected chi connectivity index (χ0v) is 17.6. The van der Waals surface area contributed by atoms with Gasteiger partial charge in [0.1, 0.15) is 4.83 Å².